The zero-order valence-electron chi connectivity index (χ0n) is 16.1. The van der Waals surface area contributed by atoms with E-state index in [4.69, 9.17) is 15.2 Å². The number of hydrogen-bond acceptors (Lipinski definition) is 6. The number of imide groups is 1. The van der Waals surface area contributed by atoms with Crippen LogP contribution in [0.25, 0.3) is 0 Å². The number of carbonyl (C=O) groups is 2. The van der Waals surface area contributed by atoms with Crippen LogP contribution in [0.4, 0.5) is 9.59 Å². The number of carbonyl (C=O) groups excluding carboxylic acids is 2. The zero-order chi connectivity index (χ0) is 18.8. The first kappa shape index (κ1) is 22.7. The highest BCUT2D eigenvalue weighted by molar-refractivity contribution is 5.88. The molecule has 0 saturated heterocycles. The molecule has 0 spiro atoms. The van der Waals surface area contributed by atoms with E-state index < -0.39 is 23.4 Å². The lowest BCUT2D eigenvalue weighted by Crippen LogP contribution is -2.44. The predicted octanol–water partition coefficient (Wildman–Crippen LogP) is 2.88. The summed E-state index contributed by atoms with van der Waals surface area (Å²) in [5, 5.41) is 3.26. The van der Waals surface area contributed by atoms with Crippen LogP contribution >= 0.6 is 0 Å². The lowest BCUT2D eigenvalue weighted by Gasteiger charge is -2.28. The van der Waals surface area contributed by atoms with Crippen molar-refractivity contribution in [1.82, 2.24) is 10.2 Å². The molecule has 2 amide bonds. The summed E-state index contributed by atoms with van der Waals surface area (Å²) < 4.78 is 10.6. The van der Waals surface area contributed by atoms with Crippen molar-refractivity contribution < 1.29 is 19.1 Å². The number of unbranched alkanes of at least 4 members (excludes halogenated alkanes) is 1. The third kappa shape index (κ3) is 12.1. The molecule has 142 valence electrons. The smallest absolute Gasteiger partial charge is 0.419 e. The van der Waals surface area contributed by atoms with Gasteiger partial charge in [-0.2, -0.15) is 0 Å². The van der Waals surface area contributed by atoms with Crippen molar-refractivity contribution in [3.63, 3.8) is 0 Å². The van der Waals surface area contributed by atoms with Crippen LogP contribution in [-0.2, 0) is 9.47 Å². The first-order valence-electron chi connectivity index (χ1n) is 8.60. The second kappa shape index (κ2) is 10.5. The van der Waals surface area contributed by atoms with Gasteiger partial charge in [0.25, 0.3) is 0 Å². The fourth-order valence-corrected chi connectivity index (χ4v) is 1.76. The van der Waals surface area contributed by atoms with Crippen LogP contribution in [0, 0.1) is 0 Å². The molecule has 0 aromatic rings. The number of amides is 2. The Morgan fingerprint density at radius 3 is 1.75 bits per heavy atom. The van der Waals surface area contributed by atoms with Crippen LogP contribution in [0.1, 0.15) is 60.8 Å². The van der Waals surface area contributed by atoms with Gasteiger partial charge in [-0.25, -0.2) is 14.5 Å². The number of nitrogens with zero attached hydrogens (tertiary/aromatic N) is 1. The summed E-state index contributed by atoms with van der Waals surface area (Å²) in [5.41, 5.74) is 4.10. The van der Waals surface area contributed by atoms with Crippen LogP contribution in [-0.4, -0.2) is 54.5 Å². The second-order valence-corrected chi connectivity index (χ2v) is 7.71. The summed E-state index contributed by atoms with van der Waals surface area (Å²) in [6.45, 7) is 13.2. The quantitative estimate of drug-likeness (QED) is 0.657. The lowest BCUT2D eigenvalue weighted by atomic mass is 10.2. The maximum absolute atomic E-state index is 12.3. The number of nitrogens with one attached hydrogen (secondary N) is 1. The molecule has 0 aliphatic heterocycles. The fraction of sp³-hybridized carbons (Fsp3) is 0.882. The average molecular weight is 345 g/mol. The summed E-state index contributed by atoms with van der Waals surface area (Å²) in [6.07, 6.45) is 1.10. The van der Waals surface area contributed by atoms with Crippen LogP contribution in [0.3, 0.4) is 0 Å². The normalized spacial score (nSPS) is 12.0. The number of ether oxygens (including phenoxy) is 2. The molecule has 0 radical (unpaired) electrons. The fourth-order valence-electron chi connectivity index (χ4n) is 1.76. The van der Waals surface area contributed by atoms with Gasteiger partial charge in [-0.05, 0) is 80.4 Å². The largest absolute Gasteiger partial charge is 0.443 e. The molecule has 7 heteroatoms. The molecule has 0 aliphatic rings. The summed E-state index contributed by atoms with van der Waals surface area (Å²) in [7, 11) is 0. The van der Waals surface area contributed by atoms with Gasteiger partial charge in [0, 0.05) is 6.54 Å². The first-order valence-corrected chi connectivity index (χ1v) is 8.60. The van der Waals surface area contributed by atoms with Crippen molar-refractivity contribution in [2.45, 2.75) is 72.0 Å². The molecular weight excluding hydrogens is 310 g/mol. The van der Waals surface area contributed by atoms with Crippen molar-refractivity contribution in [2.24, 2.45) is 5.73 Å². The van der Waals surface area contributed by atoms with Crippen LogP contribution < -0.4 is 11.1 Å². The van der Waals surface area contributed by atoms with E-state index in [1.54, 1.807) is 41.5 Å². The number of hydrogen-bond donors (Lipinski definition) is 2. The van der Waals surface area contributed by atoms with Crippen LogP contribution in [0.5, 0.6) is 0 Å². The maximum atomic E-state index is 12.3. The zero-order valence-corrected chi connectivity index (χ0v) is 16.1. The topological polar surface area (TPSA) is 93.9 Å². The van der Waals surface area contributed by atoms with Gasteiger partial charge in [-0.3, -0.25) is 0 Å². The van der Waals surface area contributed by atoms with Crippen LogP contribution in [0.2, 0.25) is 0 Å². The van der Waals surface area contributed by atoms with Gasteiger partial charge < -0.3 is 20.5 Å². The van der Waals surface area contributed by atoms with E-state index in [0.717, 1.165) is 30.8 Å². The van der Waals surface area contributed by atoms with Gasteiger partial charge in [-0.1, -0.05) is 0 Å². The molecule has 0 bridgehead atoms. The van der Waals surface area contributed by atoms with E-state index in [1.165, 1.54) is 0 Å². The SMILES string of the molecule is CC(C)(C)OC(=O)N(CCCCNCCCN)C(=O)OC(C)(C)C. The molecule has 3 N–H and O–H groups in total. The highest BCUT2D eigenvalue weighted by Crippen LogP contribution is 2.15. The molecule has 0 rings (SSSR count). The Hall–Kier alpha value is -1.34. The lowest BCUT2D eigenvalue weighted by molar-refractivity contribution is 0.00121. The first-order chi connectivity index (χ1) is 11.0. The van der Waals surface area contributed by atoms with E-state index in [0.29, 0.717) is 13.0 Å². The third-order valence-corrected chi connectivity index (χ3v) is 2.77. The molecule has 0 fully saturated rings. The van der Waals surface area contributed by atoms with Crippen molar-refractivity contribution in [3.8, 4) is 0 Å². The van der Waals surface area contributed by atoms with E-state index in [1.807, 2.05) is 0 Å². The number of nitrogens with two attached hydrogens (primary N) is 1. The van der Waals surface area contributed by atoms with Crippen molar-refractivity contribution in [3.05, 3.63) is 0 Å². The van der Waals surface area contributed by atoms with E-state index in [9.17, 15) is 9.59 Å². The molecule has 0 unspecified atom stereocenters. The van der Waals surface area contributed by atoms with Gasteiger partial charge in [-0.15, -0.1) is 0 Å². The summed E-state index contributed by atoms with van der Waals surface area (Å²) in [6, 6.07) is 0. The molecule has 0 aromatic heterocycles. The van der Waals surface area contributed by atoms with Gasteiger partial charge >= 0.3 is 12.2 Å². The van der Waals surface area contributed by atoms with Crippen molar-refractivity contribution >= 4 is 12.2 Å². The summed E-state index contributed by atoms with van der Waals surface area (Å²) in [4.78, 5) is 25.6. The second-order valence-electron chi connectivity index (χ2n) is 7.71. The minimum atomic E-state index is -0.673. The Kier molecular flexibility index (Phi) is 9.92. The maximum Gasteiger partial charge on any atom is 0.419 e. The van der Waals surface area contributed by atoms with Crippen molar-refractivity contribution in [2.75, 3.05) is 26.2 Å². The van der Waals surface area contributed by atoms with E-state index in [2.05, 4.69) is 5.32 Å². The molecule has 7 nitrogen and oxygen atoms in total. The van der Waals surface area contributed by atoms with Crippen molar-refractivity contribution in [1.29, 1.82) is 0 Å². The van der Waals surface area contributed by atoms with E-state index >= 15 is 0 Å². The highest BCUT2D eigenvalue weighted by Gasteiger charge is 2.30. The standard InChI is InChI=1S/C17H35N3O4/c1-16(2,3)23-14(21)20(15(22)24-17(4,5)6)13-8-7-11-19-12-9-10-18/h19H,7-13,18H2,1-6H3. The molecule has 0 saturated carbocycles. The molecule has 0 atom stereocenters. The molecule has 0 aliphatic carbocycles. The Bertz CT molecular complexity index is 358. The molecular formula is C17H35N3O4. The monoisotopic (exact) mass is 345 g/mol. The third-order valence-electron chi connectivity index (χ3n) is 2.77. The van der Waals surface area contributed by atoms with Gasteiger partial charge in [0.05, 0.1) is 0 Å². The average Bonchev–Trinajstić information content (AvgIpc) is 2.37. The Labute approximate surface area is 146 Å². The molecule has 0 aromatic carbocycles. The molecule has 0 heterocycles. The Morgan fingerprint density at radius 1 is 0.875 bits per heavy atom. The Morgan fingerprint density at radius 2 is 1.33 bits per heavy atom. The summed E-state index contributed by atoms with van der Waals surface area (Å²) >= 11 is 0. The van der Waals surface area contributed by atoms with Gasteiger partial charge in [0.15, 0.2) is 0 Å². The summed E-state index contributed by atoms with van der Waals surface area (Å²) in [5.74, 6) is 0. The minimum absolute atomic E-state index is 0.266. The minimum Gasteiger partial charge on any atom is -0.443 e. The highest BCUT2D eigenvalue weighted by atomic mass is 16.6. The Balaban J connectivity index is 4.53. The van der Waals surface area contributed by atoms with Crippen LogP contribution in [0.15, 0.2) is 0 Å². The molecule has 24 heavy (non-hydrogen) atoms. The van der Waals surface area contributed by atoms with Gasteiger partial charge in [0.2, 0.25) is 0 Å². The number of rotatable bonds is 8. The predicted molar refractivity (Wildman–Crippen MR) is 94.9 cm³/mol. The van der Waals surface area contributed by atoms with E-state index in [-0.39, 0.29) is 6.54 Å². The van der Waals surface area contributed by atoms with Gasteiger partial charge in [0.1, 0.15) is 11.2 Å².